The molecule has 0 bridgehead atoms. The van der Waals surface area contributed by atoms with Gasteiger partial charge in [0, 0.05) is 22.7 Å². The summed E-state index contributed by atoms with van der Waals surface area (Å²) in [5, 5.41) is 10.8. The summed E-state index contributed by atoms with van der Waals surface area (Å²) in [7, 11) is 0. The van der Waals surface area contributed by atoms with Gasteiger partial charge in [0.2, 0.25) is 11.9 Å². The van der Waals surface area contributed by atoms with E-state index in [1.54, 1.807) is 12.1 Å². The molecule has 35 heavy (non-hydrogen) atoms. The van der Waals surface area contributed by atoms with E-state index >= 15 is 0 Å². The van der Waals surface area contributed by atoms with Gasteiger partial charge in [0.25, 0.3) is 5.95 Å². The van der Waals surface area contributed by atoms with E-state index in [9.17, 15) is 9.18 Å². The van der Waals surface area contributed by atoms with E-state index in [1.807, 2.05) is 67.6 Å². The van der Waals surface area contributed by atoms with Crippen molar-refractivity contribution < 1.29 is 9.18 Å². The Kier molecular flexibility index (Phi) is 6.33. The van der Waals surface area contributed by atoms with Crippen molar-refractivity contribution in [3.63, 3.8) is 0 Å². The minimum Gasteiger partial charge on any atom is -0.324 e. The van der Waals surface area contributed by atoms with Crippen LogP contribution < -0.4 is 10.6 Å². The van der Waals surface area contributed by atoms with Crippen molar-refractivity contribution in [3.05, 3.63) is 112 Å². The first-order chi connectivity index (χ1) is 17.0. The second-order valence-electron chi connectivity index (χ2n) is 8.39. The average Bonchev–Trinajstić information content (AvgIpc) is 3.26. The van der Waals surface area contributed by atoms with Crippen LogP contribution in [0.4, 0.5) is 16.3 Å². The molecule has 1 amide bonds. The van der Waals surface area contributed by atoms with E-state index in [1.165, 1.54) is 10.7 Å². The van der Waals surface area contributed by atoms with E-state index in [2.05, 4.69) is 20.7 Å². The summed E-state index contributed by atoms with van der Waals surface area (Å²) in [6, 6.07) is 21.7. The minimum absolute atomic E-state index is 0.140. The third-order valence-corrected chi connectivity index (χ3v) is 6.19. The Bertz CT molecular complexity index is 1380. The molecule has 0 radical (unpaired) electrons. The van der Waals surface area contributed by atoms with Crippen molar-refractivity contribution in [3.8, 4) is 0 Å². The third kappa shape index (κ3) is 4.95. The molecule has 0 aliphatic carbocycles. The first-order valence-corrected chi connectivity index (χ1v) is 11.7. The number of carbonyl (C=O) groups excluding carboxylic acids is 1. The highest BCUT2D eigenvalue weighted by atomic mass is 35.5. The van der Waals surface area contributed by atoms with Gasteiger partial charge in [-0.2, -0.15) is 4.98 Å². The molecule has 1 atom stereocenters. The van der Waals surface area contributed by atoms with Gasteiger partial charge in [-0.25, -0.2) is 9.07 Å². The van der Waals surface area contributed by atoms with Crippen molar-refractivity contribution in [2.45, 2.75) is 25.8 Å². The summed E-state index contributed by atoms with van der Waals surface area (Å²) < 4.78 is 16.5. The fraction of sp³-hybridized carbons (Fsp3) is 0.148. The molecule has 176 valence electrons. The maximum atomic E-state index is 14.9. The lowest BCUT2D eigenvalue weighted by molar-refractivity contribution is -0.116. The van der Waals surface area contributed by atoms with Crippen LogP contribution in [-0.4, -0.2) is 20.7 Å². The first-order valence-electron chi connectivity index (χ1n) is 11.3. The van der Waals surface area contributed by atoms with E-state index in [4.69, 9.17) is 11.6 Å². The maximum absolute atomic E-state index is 14.9. The average molecular weight is 488 g/mol. The predicted molar refractivity (Wildman–Crippen MR) is 136 cm³/mol. The predicted octanol–water partition coefficient (Wildman–Crippen LogP) is 6.01. The standard InChI is InChI=1S/C27H23ClFN5O/c1-17-10-13-19(14-11-17)22-16-23(25-20(28)8-5-9-21(25)29)34-27(30-22)32-26(33-34)31-24(35)15-12-18-6-3-2-4-7-18/h2-11,13-14,16,23H,12,15H2,1H3,(H2,30,31,32,33,35). The van der Waals surface area contributed by atoms with Crippen LogP contribution in [0.2, 0.25) is 5.02 Å². The summed E-state index contributed by atoms with van der Waals surface area (Å²) in [6.45, 7) is 2.01. The van der Waals surface area contributed by atoms with Crippen LogP contribution in [0.3, 0.4) is 0 Å². The van der Waals surface area contributed by atoms with Gasteiger partial charge in [0.1, 0.15) is 11.9 Å². The molecule has 1 aromatic heterocycles. The molecule has 1 aliphatic rings. The monoisotopic (exact) mass is 487 g/mol. The second-order valence-corrected chi connectivity index (χ2v) is 8.80. The Hall–Kier alpha value is -3.97. The van der Waals surface area contributed by atoms with Gasteiger partial charge in [-0.15, -0.1) is 5.10 Å². The molecule has 2 N–H and O–H groups in total. The lowest BCUT2D eigenvalue weighted by Gasteiger charge is -2.25. The number of hydrogen-bond acceptors (Lipinski definition) is 4. The fourth-order valence-corrected chi connectivity index (χ4v) is 4.31. The molecule has 6 nitrogen and oxygen atoms in total. The zero-order valence-electron chi connectivity index (χ0n) is 19.0. The molecular weight excluding hydrogens is 465 g/mol. The van der Waals surface area contributed by atoms with Crippen LogP contribution >= 0.6 is 11.6 Å². The van der Waals surface area contributed by atoms with Gasteiger partial charge < -0.3 is 5.32 Å². The molecule has 0 saturated heterocycles. The maximum Gasteiger partial charge on any atom is 0.250 e. The van der Waals surface area contributed by atoms with Crippen LogP contribution in [0.1, 0.15) is 34.7 Å². The Morgan fingerprint density at radius 3 is 2.60 bits per heavy atom. The summed E-state index contributed by atoms with van der Waals surface area (Å²) in [6.07, 6.45) is 2.75. The largest absolute Gasteiger partial charge is 0.324 e. The quantitative estimate of drug-likeness (QED) is 0.349. The van der Waals surface area contributed by atoms with E-state index in [0.717, 1.165) is 22.4 Å². The third-order valence-electron chi connectivity index (χ3n) is 5.86. The smallest absolute Gasteiger partial charge is 0.250 e. The lowest BCUT2D eigenvalue weighted by atomic mass is 10.0. The molecule has 4 aromatic rings. The number of anilines is 2. The lowest BCUT2D eigenvalue weighted by Crippen LogP contribution is -2.21. The van der Waals surface area contributed by atoms with E-state index < -0.39 is 11.9 Å². The number of nitrogens with zero attached hydrogens (tertiary/aromatic N) is 3. The van der Waals surface area contributed by atoms with Crippen LogP contribution in [0.25, 0.3) is 5.70 Å². The molecule has 0 saturated carbocycles. The number of allylic oxidation sites excluding steroid dienone is 1. The Labute approximate surface area is 207 Å². The summed E-state index contributed by atoms with van der Waals surface area (Å²) >= 11 is 6.41. The number of amides is 1. The number of carbonyl (C=O) groups is 1. The highest BCUT2D eigenvalue weighted by Gasteiger charge is 2.29. The van der Waals surface area contributed by atoms with Crippen molar-refractivity contribution in [2.75, 3.05) is 10.6 Å². The van der Waals surface area contributed by atoms with Crippen LogP contribution in [0, 0.1) is 12.7 Å². The molecule has 1 aliphatic heterocycles. The van der Waals surface area contributed by atoms with Crippen LogP contribution in [0.5, 0.6) is 0 Å². The summed E-state index contributed by atoms with van der Waals surface area (Å²) in [5.41, 5.74) is 4.14. The molecule has 0 fully saturated rings. The fourth-order valence-electron chi connectivity index (χ4n) is 4.04. The Morgan fingerprint density at radius 1 is 1.09 bits per heavy atom. The molecule has 0 spiro atoms. The number of fused-ring (bicyclic) bond motifs is 1. The summed E-state index contributed by atoms with van der Waals surface area (Å²) in [5.74, 6) is -0.130. The van der Waals surface area contributed by atoms with Crippen LogP contribution in [0.15, 0.2) is 78.9 Å². The second kappa shape index (κ2) is 9.72. The van der Waals surface area contributed by atoms with Gasteiger partial charge in [-0.1, -0.05) is 77.8 Å². The van der Waals surface area contributed by atoms with Crippen molar-refractivity contribution in [1.29, 1.82) is 0 Å². The summed E-state index contributed by atoms with van der Waals surface area (Å²) in [4.78, 5) is 17.0. The zero-order valence-corrected chi connectivity index (χ0v) is 19.8. The zero-order chi connectivity index (χ0) is 24.4. The van der Waals surface area contributed by atoms with Crippen LogP contribution in [-0.2, 0) is 11.2 Å². The topological polar surface area (TPSA) is 71.8 Å². The highest BCUT2D eigenvalue weighted by molar-refractivity contribution is 6.31. The normalized spacial score (nSPS) is 14.6. The molecule has 8 heteroatoms. The molecule has 5 rings (SSSR count). The minimum atomic E-state index is -0.654. The van der Waals surface area contributed by atoms with Gasteiger partial charge in [0.15, 0.2) is 0 Å². The van der Waals surface area contributed by atoms with E-state index in [-0.39, 0.29) is 28.9 Å². The SMILES string of the molecule is Cc1ccc(C2=CC(c3c(F)cccc3Cl)n3nc(NC(=O)CCc4ccccc4)nc3N2)cc1. The molecule has 1 unspecified atom stereocenters. The first kappa shape index (κ1) is 22.8. The number of aryl methyl sites for hydroxylation is 2. The highest BCUT2D eigenvalue weighted by Crippen LogP contribution is 2.37. The van der Waals surface area contributed by atoms with Gasteiger partial charge in [-0.3, -0.25) is 10.1 Å². The van der Waals surface area contributed by atoms with Crippen molar-refractivity contribution in [1.82, 2.24) is 14.8 Å². The molecule has 2 heterocycles. The van der Waals surface area contributed by atoms with Crippen molar-refractivity contribution in [2.24, 2.45) is 0 Å². The Balaban J connectivity index is 1.45. The number of rotatable bonds is 6. The van der Waals surface area contributed by atoms with E-state index in [0.29, 0.717) is 12.4 Å². The number of hydrogen-bond donors (Lipinski definition) is 2. The number of halogens is 2. The molecular formula is C27H23ClFN5O. The number of aromatic nitrogens is 3. The van der Waals surface area contributed by atoms with Crippen molar-refractivity contribution >= 4 is 35.1 Å². The van der Waals surface area contributed by atoms with Gasteiger partial charge in [0.05, 0.1) is 0 Å². The number of nitrogens with one attached hydrogen (secondary N) is 2. The van der Waals surface area contributed by atoms with Gasteiger partial charge in [-0.05, 0) is 42.7 Å². The Morgan fingerprint density at radius 2 is 1.86 bits per heavy atom. The number of benzene rings is 3. The van der Waals surface area contributed by atoms with Gasteiger partial charge >= 0.3 is 0 Å². The molecule has 3 aromatic carbocycles.